The minimum absolute atomic E-state index is 0.0471. The predicted octanol–water partition coefficient (Wildman–Crippen LogP) is 1.88. The summed E-state index contributed by atoms with van der Waals surface area (Å²) < 4.78 is 28.2. The summed E-state index contributed by atoms with van der Waals surface area (Å²) in [6, 6.07) is 2.91. The first-order chi connectivity index (χ1) is 11.9. The second-order valence-corrected chi connectivity index (χ2v) is 8.95. The first-order valence-electron chi connectivity index (χ1n) is 8.98. The SMILES string of the molecule is CC1CCCN(CCNS(=O)(=O)c2cc(C(=O)O)cc3c2CCC3)C1. The van der Waals surface area contributed by atoms with Crippen molar-refractivity contribution < 1.29 is 18.3 Å². The second kappa shape index (κ2) is 7.43. The molecule has 1 aromatic rings. The molecule has 0 bridgehead atoms. The average molecular weight is 366 g/mol. The molecule has 1 saturated heterocycles. The summed E-state index contributed by atoms with van der Waals surface area (Å²) in [4.78, 5) is 13.7. The van der Waals surface area contributed by atoms with Crippen LogP contribution >= 0.6 is 0 Å². The number of fused-ring (bicyclic) bond motifs is 1. The molecule has 7 heteroatoms. The van der Waals surface area contributed by atoms with Gasteiger partial charge in [-0.1, -0.05) is 6.92 Å². The molecule has 1 aliphatic carbocycles. The minimum Gasteiger partial charge on any atom is -0.478 e. The van der Waals surface area contributed by atoms with Crippen molar-refractivity contribution in [3.05, 3.63) is 28.8 Å². The summed E-state index contributed by atoms with van der Waals surface area (Å²) in [5.74, 6) is -0.436. The molecule has 1 aromatic carbocycles. The van der Waals surface area contributed by atoms with Crippen LogP contribution in [0.1, 0.15) is 47.7 Å². The number of rotatable bonds is 6. The van der Waals surface area contributed by atoms with E-state index in [0.29, 0.717) is 25.4 Å². The molecule has 2 N–H and O–H groups in total. The molecule has 25 heavy (non-hydrogen) atoms. The van der Waals surface area contributed by atoms with Crippen LogP contribution in [0.2, 0.25) is 0 Å². The molecular weight excluding hydrogens is 340 g/mol. The Morgan fingerprint density at radius 1 is 1.32 bits per heavy atom. The van der Waals surface area contributed by atoms with E-state index in [4.69, 9.17) is 0 Å². The average Bonchev–Trinajstić information content (AvgIpc) is 3.02. The molecule has 0 radical (unpaired) electrons. The molecule has 0 aromatic heterocycles. The number of benzene rings is 1. The zero-order chi connectivity index (χ0) is 18.0. The molecule has 0 amide bonds. The lowest BCUT2D eigenvalue weighted by molar-refractivity contribution is 0.0696. The number of carboxylic acid groups (broad SMARTS) is 1. The van der Waals surface area contributed by atoms with Crippen molar-refractivity contribution in [2.75, 3.05) is 26.2 Å². The fourth-order valence-electron chi connectivity index (χ4n) is 3.93. The third-order valence-corrected chi connectivity index (χ3v) is 6.70. The predicted molar refractivity (Wildman–Crippen MR) is 95.5 cm³/mol. The smallest absolute Gasteiger partial charge is 0.335 e. The monoisotopic (exact) mass is 366 g/mol. The van der Waals surface area contributed by atoms with Gasteiger partial charge in [0.05, 0.1) is 10.5 Å². The quantitative estimate of drug-likeness (QED) is 0.803. The highest BCUT2D eigenvalue weighted by molar-refractivity contribution is 7.89. The fraction of sp³-hybridized carbons (Fsp3) is 0.611. The van der Waals surface area contributed by atoms with E-state index in [1.165, 1.54) is 12.5 Å². The van der Waals surface area contributed by atoms with Crippen LogP contribution in [0.15, 0.2) is 17.0 Å². The number of aryl methyl sites for hydroxylation is 1. The molecule has 1 heterocycles. The van der Waals surface area contributed by atoms with Crippen molar-refractivity contribution in [1.29, 1.82) is 0 Å². The number of aromatic carboxylic acids is 1. The highest BCUT2D eigenvalue weighted by atomic mass is 32.2. The van der Waals surface area contributed by atoms with E-state index in [9.17, 15) is 18.3 Å². The lowest BCUT2D eigenvalue weighted by Gasteiger charge is -2.30. The van der Waals surface area contributed by atoms with E-state index >= 15 is 0 Å². The van der Waals surface area contributed by atoms with E-state index in [0.717, 1.165) is 43.5 Å². The van der Waals surface area contributed by atoms with Gasteiger partial charge in [-0.15, -0.1) is 0 Å². The summed E-state index contributed by atoms with van der Waals surface area (Å²) in [6.07, 6.45) is 4.69. The van der Waals surface area contributed by atoms with Crippen LogP contribution < -0.4 is 4.72 Å². The Bertz CT molecular complexity index is 761. The number of hydrogen-bond acceptors (Lipinski definition) is 4. The van der Waals surface area contributed by atoms with E-state index < -0.39 is 16.0 Å². The Balaban J connectivity index is 1.73. The molecule has 6 nitrogen and oxygen atoms in total. The molecule has 138 valence electrons. The van der Waals surface area contributed by atoms with Gasteiger partial charge in [0.2, 0.25) is 10.0 Å². The van der Waals surface area contributed by atoms with Gasteiger partial charge in [0, 0.05) is 19.6 Å². The van der Waals surface area contributed by atoms with Gasteiger partial charge in [-0.25, -0.2) is 17.9 Å². The highest BCUT2D eigenvalue weighted by Gasteiger charge is 2.26. The van der Waals surface area contributed by atoms with Crippen molar-refractivity contribution in [1.82, 2.24) is 9.62 Å². The molecular formula is C18H26N2O4S. The number of hydrogen-bond donors (Lipinski definition) is 2. The Labute approximate surface area is 149 Å². The lowest BCUT2D eigenvalue weighted by atomic mass is 10.0. The molecule has 2 aliphatic rings. The van der Waals surface area contributed by atoms with Gasteiger partial charge in [0.25, 0.3) is 0 Å². The standard InChI is InChI=1S/C18H26N2O4S/c1-13-4-3-8-20(12-13)9-7-19-25(23,24)17-11-15(18(21)22)10-14-5-2-6-16(14)17/h10-11,13,19H,2-9,12H2,1H3,(H,21,22). The first-order valence-corrected chi connectivity index (χ1v) is 10.5. The fourth-order valence-corrected chi connectivity index (χ4v) is 5.29. The van der Waals surface area contributed by atoms with Gasteiger partial charge >= 0.3 is 5.97 Å². The Morgan fingerprint density at radius 3 is 2.84 bits per heavy atom. The maximum absolute atomic E-state index is 12.8. The number of nitrogens with zero attached hydrogens (tertiary/aromatic N) is 1. The van der Waals surface area contributed by atoms with E-state index in [1.54, 1.807) is 6.07 Å². The Morgan fingerprint density at radius 2 is 2.12 bits per heavy atom. The molecule has 1 aliphatic heterocycles. The van der Waals surface area contributed by atoms with Crippen molar-refractivity contribution in [2.45, 2.75) is 43.9 Å². The lowest BCUT2D eigenvalue weighted by Crippen LogP contribution is -2.40. The first kappa shape index (κ1) is 18.4. The van der Waals surface area contributed by atoms with Crippen LogP contribution in [0, 0.1) is 5.92 Å². The molecule has 0 spiro atoms. The molecule has 1 unspecified atom stereocenters. The summed E-state index contributed by atoms with van der Waals surface area (Å²) in [5.41, 5.74) is 1.68. The zero-order valence-corrected chi connectivity index (χ0v) is 15.4. The number of nitrogens with one attached hydrogen (secondary N) is 1. The van der Waals surface area contributed by atoms with Crippen molar-refractivity contribution in [2.24, 2.45) is 5.92 Å². The molecule has 0 saturated carbocycles. The van der Waals surface area contributed by atoms with E-state index in [1.807, 2.05) is 0 Å². The van der Waals surface area contributed by atoms with Crippen LogP contribution in [-0.2, 0) is 22.9 Å². The van der Waals surface area contributed by atoms with Gasteiger partial charge in [-0.2, -0.15) is 0 Å². The maximum Gasteiger partial charge on any atom is 0.335 e. The highest BCUT2D eigenvalue weighted by Crippen LogP contribution is 2.30. The van der Waals surface area contributed by atoms with Crippen LogP contribution in [0.4, 0.5) is 0 Å². The van der Waals surface area contributed by atoms with Gasteiger partial charge in [0.15, 0.2) is 0 Å². The number of sulfonamides is 1. The summed E-state index contributed by atoms with van der Waals surface area (Å²) >= 11 is 0. The topological polar surface area (TPSA) is 86.7 Å². The normalized spacial score (nSPS) is 21.2. The van der Waals surface area contributed by atoms with Crippen LogP contribution in [-0.4, -0.2) is 50.6 Å². The maximum atomic E-state index is 12.8. The number of likely N-dealkylation sites (tertiary alicyclic amines) is 1. The summed E-state index contributed by atoms with van der Waals surface area (Å²) in [5, 5.41) is 9.26. The van der Waals surface area contributed by atoms with Gasteiger partial charge < -0.3 is 10.0 Å². The van der Waals surface area contributed by atoms with Gasteiger partial charge in [0.1, 0.15) is 0 Å². The largest absolute Gasteiger partial charge is 0.478 e. The number of carbonyl (C=O) groups is 1. The van der Waals surface area contributed by atoms with Crippen molar-refractivity contribution >= 4 is 16.0 Å². The molecule has 3 rings (SSSR count). The third kappa shape index (κ3) is 4.22. The summed E-state index contributed by atoms with van der Waals surface area (Å²) in [7, 11) is -3.70. The van der Waals surface area contributed by atoms with Gasteiger partial charge in [-0.3, -0.25) is 0 Å². The minimum atomic E-state index is -3.70. The Hall–Kier alpha value is -1.44. The van der Waals surface area contributed by atoms with E-state index in [-0.39, 0.29) is 10.5 Å². The van der Waals surface area contributed by atoms with Crippen LogP contribution in [0.25, 0.3) is 0 Å². The van der Waals surface area contributed by atoms with Gasteiger partial charge in [-0.05, 0) is 67.8 Å². The van der Waals surface area contributed by atoms with Crippen molar-refractivity contribution in [3.8, 4) is 0 Å². The van der Waals surface area contributed by atoms with Crippen LogP contribution in [0.3, 0.4) is 0 Å². The molecule has 1 fully saturated rings. The zero-order valence-electron chi connectivity index (χ0n) is 14.6. The molecule has 1 atom stereocenters. The van der Waals surface area contributed by atoms with E-state index in [2.05, 4.69) is 16.5 Å². The number of carboxylic acids is 1. The number of piperidine rings is 1. The van der Waals surface area contributed by atoms with Crippen LogP contribution in [0.5, 0.6) is 0 Å². The van der Waals surface area contributed by atoms with Crippen molar-refractivity contribution in [3.63, 3.8) is 0 Å². The summed E-state index contributed by atoms with van der Waals surface area (Å²) in [6.45, 7) is 5.27. The second-order valence-electron chi connectivity index (χ2n) is 7.22. The third-order valence-electron chi connectivity index (χ3n) is 5.17. The Kier molecular flexibility index (Phi) is 5.46.